The van der Waals surface area contributed by atoms with E-state index in [1.807, 2.05) is 13.0 Å². The van der Waals surface area contributed by atoms with E-state index in [2.05, 4.69) is 0 Å². The predicted octanol–water partition coefficient (Wildman–Crippen LogP) is 1.88. The van der Waals surface area contributed by atoms with Gasteiger partial charge in [-0.15, -0.1) is 0 Å². The van der Waals surface area contributed by atoms with Crippen molar-refractivity contribution in [3.8, 4) is 6.07 Å². The standard InChI is InChI=1S/C11H20N2O2S/c1-3-5-8-13(10-6-7-10)16(14,15)11(4-2)9-12/h10-11H,3-8H2,1-2H3. The van der Waals surface area contributed by atoms with E-state index in [0.29, 0.717) is 13.0 Å². The van der Waals surface area contributed by atoms with Crippen LogP contribution in [-0.4, -0.2) is 30.6 Å². The second-order valence-corrected chi connectivity index (χ2v) is 6.33. The summed E-state index contributed by atoms with van der Waals surface area (Å²) >= 11 is 0. The lowest BCUT2D eigenvalue weighted by molar-refractivity contribution is 0.392. The van der Waals surface area contributed by atoms with Gasteiger partial charge in [0.05, 0.1) is 6.07 Å². The van der Waals surface area contributed by atoms with Gasteiger partial charge in [-0.05, 0) is 25.7 Å². The molecular formula is C11H20N2O2S. The van der Waals surface area contributed by atoms with Crippen LogP contribution in [0.15, 0.2) is 0 Å². The lowest BCUT2D eigenvalue weighted by Crippen LogP contribution is -2.40. The molecule has 0 N–H and O–H groups in total. The molecule has 0 aromatic carbocycles. The van der Waals surface area contributed by atoms with Gasteiger partial charge in [-0.25, -0.2) is 8.42 Å². The highest BCUT2D eigenvalue weighted by molar-refractivity contribution is 7.90. The molecule has 0 radical (unpaired) electrons. The topological polar surface area (TPSA) is 61.2 Å². The molecule has 1 fully saturated rings. The van der Waals surface area contributed by atoms with Crippen molar-refractivity contribution in [2.24, 2.45) is 0 Å². The molecule has 0 aromatic heterocycles. The summed E-state index contributed by atoms with van der Waals surface area (Å²) in [5, 5.41) is 8.01. The maximum absolute atomic E-state index is 12.2. The predicted molar refractivity (Wildman–Crippen MR) is 63.2 cm³/mol. The normalized spacial score (nSPS) is 18.4. The van der Waals surface area contributed by atoms with Gasteiger partial charge < -0.3 is 0 Å². The molecule has 0 saturated heterocycles. The van der Waals surface area contributed by atoms with Crippen molar-refractivity contribution in [1.29, 1.82) is 5.26 Å². The smallest absolute Gasteiger partial charge is 0.211 e. The Hall–Kier alpha value is -0.600. The SMILES string of the molecule is CCCCN(C1CC1)S(=O)(=O)C(C#N)CC. The zero-order chi connectivity index (χ0) is 12.2. The number of hydrogen-bond donors (Lipinski definition) is 0. The summed E-state index contributed by atoms with van der Waals surface area (Å²) in [6, 6.07) is 2.07. The van der Waals surface area contributed by atoms with Gasteiger partial charge in [-0.1, -0.05) is 20.3 Å². The molecule has 0 amide bonds. The first-order valence-corrected chi connectivity index (χ1v) is 7.48. The van der Waals surface area contributed by atoms with Gasteiger partial charge in [0.15, 0.2) is 5.25 Å². The van der Waals surface area contributed by atoms with Crippen LogP contribution in [0.4, 0.5) is 0 Å². The molecule has 16 heavy (non-hydrogen) atoms. The molecule has 1 aliphatic rings. The molecule has 5 heteroatoms. The van der Waals surface area contributed by atoms with Crippen LogP contribution in [0.1, 0.15) is 46.0 Å². The lowest BCUT2D eigenvalue weighted by atomic mass is 10.3. The molecule has 0 spiro atoms. The largest absolute Gasteiger partial charge is 0.230 e. The van der Waals surface area contributed by atoms with Crippen LogP contribution in [0.25, 0.3) is 0 Å². The molecule has 0 heterocycles. The van der Waals surface area contributed by atoms with E-state index in [-0.39, 0.29) is 6.04 Å². The summed E-state index contributed by atoms with van der Waals surface area (Å²) in [4.78, 5) is 0. The van der Waals surface area contributed by atoms with Gasteiger partial charge >= 0.3 is 0 Å². The Morgan fingerprint density at radius 2 is 2.06 bits per heavy atom. The molecule has 1 unspecified atom stereocenters. The highest BCUT2D eigenvalue weighted by Crippen LogP contribution is 2.31. The lowest BCUT2D eigenvalue weighted by Gasteiger charge is -2.23. The Morgan fingerprint density at radius 1 is 1.44 bits per heavy atom. The van der Waals surface area contributed by atoms with Crippen molar-refractivity contribution >= 4 is 10.0 Å². The molecule has 1 rings (SSSR count). The molecule has 1 atom stereocenters. The summed E-state index contributed by atoms with van der Waals surface area (Å²) in [6.45, 7) is 4.36. The quantitative estimate of drug-likeness (QED) is 0.687. The molecular weight excluding hydrogens is 224 g/mol. The first-order chi connectivity index (χ1) is 7.57. The maximum atomic E-state index is 12.2. The highest BCUT2D eigenvalue weighted by Gasteiger charge is 2.40. The average molecular weight is 244 g/mol. The van der Waals surface area contributed by atoms with E-state index in [1.54, 1.807) is 11.2 Å². The van der Waals surface area contributed by atoms with Crippen LogP contribution < -0.4 is 0 Å². The van der Waals surface area contributed by atoms with Crippen LogP contribution >= 0.6 is 0 Å². The molecule has 1 saturated carbocycles. The third-order valence-corrected chi connectivity index (χ3v) is 5.18. The van der Waals surface area contributed by atoms with Gasteiger partial charge in [0.25, 0.3) is 0 Å². The number of nitriles is 1. The first kappa shape index (κ1) is 13.5. The Morgan fingerprint density at radius 3 is 2.44 bits per heavy atom. The van der Waals surface area contributed by atoms with Crippen LogP contribution in [0.3, 0.4) is 0 Å². The Kier molecular flexibility index (Phi) is 4.75. The number of hydrogen-bond acceptors (Lipinski definition) is 3. The Labute approximate surface area is 98.3 Å². The van der Waals surface area contributed by atoms with E-state index in [9.17, 15) is 8.42 Å². The van der Waals surface area contributed by atoms with Crippen molar-refractivity contribution < 1.29 is 8.42 Å². The highest BCUT2D eigenvalue weighted by atomic mass is 32.2. The van der Waals surface area contributed by atoms with Crippen LogP contribution in [0.5, 0.6) is 0 Å². The van der Waals surface area contributed by atoms with Crippen molar-refractivity contribution in [1.82, 2.24) is 4.31 Å². The van der Waals surface area contributed by atoms with Gasteiger partial charge in [-0.3, -0.25) is 0 Å². The van der Waals surface area contributed by atoms with Crippen molar-refractivity contribution in [2.45, 2.75) is 57.2 Å². The van der Waals surface area contributed by atoms with Crippen LogP contribution in [0.2, 0.25) is 0 Å². The van der Waals surface area contributed by atoms with E-state index < -0.39 is 15.3 Å². The number of unbranched alkanes of at least 4 members (excludes halogenated alkanes) is 1. The Balaban J connectivity index is 2.80. The van der Waals surface area contributed by atoms with Gasteiger partial charge in [0.1, 0.15) is 0 Å². The van der Waals surface area contributed by atoms with Gasteiger partial charge in [0, 0.05) is 12.6 Å². The minimum absolute atomic E-state index is 0.166. The number of nitrogens with zero attached hydrogens (tertiary/aromatic N) is 2. The third kappa shape index (κ3) is 2.96. The molecule has 0 aliphatic heterocycles. The molecule has 0 aromatic rings. The average Bonchev–Trinajstić information content (AvgIpc) is 3.03. The van der Waals surface area contributed by atoms with Crippen LogP contribution in [-0.2, 0) is 10.0 Å². The van der Waals surface area contributed by atoms with E-state index in [1.165, 1.54) is 0 Å². The number of rotatable bonds is 7. The van der Waals surface area contributed by atoms with Crippen LogP contribution in [0, 0.1) is 11.3 Å². The molecule has 1 aliphatic carbocycles. The van der Waals surface area contributed by atoms with E-state index in [4.69, 9.17) is 5.26 Å². The summed E-state index contributed by atoms with van der Waals surface area (Å²) in [6.07, 6.45) is 4.11. The summed E-state index contributed by atoms with van der Waals surface area (Å²) in [5.74, 6) is 0. The maximum Gasteiger partial charge on any atom is 0.230 e. The monoisotopic (exact) mass is 244 g/mol. The van der Waals surface area contributed by atoms with E-state index >= 15 is 0 Å². The van der Waals surface area contributed by atoms with Gasteiger partial charge in [-0.2, -0.15) is 9.57 Å². The zero-order valence-electron chi connectivity index (χ0n) is 10.0. The minimum atomic E-state index is -3.40. The second-order valence-electron chi connectivity index (χ2n) is 4.27. The Bertz CT molecular complexity index is 355. The summed E-state index contributed by atoms with van der Waals surface area (Å²) in [7, 11) is -3.40. The summed E-state index contributed by atoms with van der Waals surface area (Å²) in [5.41, 5.74) is 0. The number of sulfonamides is 1. The third-order valence-electron chi connectivity index (χ3n) is 2.89. The minimum Gasteiger partial charge on any atom is -0.211 e. The fourth-order valence-corrected chi connectivity index (χ4v) is 3.62. The fourth-order valence-electron chi connectivity index (χ4n) is 1.73. The molecule has 92 valence electrons. The summed E-state index contributed by atoms with van der Waals surface area (Å²) < 4.78 is 25.9. The van der Waals surface area contributed by atoms with Crippen molar-refractivity contribution in [3.05, 3.63) is 0 Å². The first-order valence-electron chi connectivity index (χ1n) is 5.98. The van der Waals surface area contributed by atoms with Crippen molar-refractivity contribution in [2.75, 3.05) is 6.54 Å². The van der Waals surface area contributed by atoms with Crippen molar-refractivity contribution in [3.63, 3.8) is 0 Å². The molecule has 0 bridgehead atoms. The molecule has 4 nitrogen and oxygen atoms in total. The van der Waals surface area contributed by atoms with E-state index in [0.717, 1.165) is 25.7 Å². The van der Waals surface area contributed by atoms with Gasteiger partial charge in [0.2, 0.25) is 10.0 Å². The fraction of sp³-hybridized carbons (Fsp3) is 0.909. The second kappa shape index (κ2) is 5.65. The zero-order valence-corrected chi connectivity index (χ0v) is 10.8.